The Bertz CT molecular complexity index is 471. The molecule has 1 aromatic rings. The van der Waals surface area contributed by atoms with Crippen LogP contribution in [-0.4, -0.2) is 41.7 Å². The van der Waals surface area contributed by atoms with E-state index < -0.39 is 5.54 Å². The third-order valence-electron chi connectivity index (χ3n) is 3.61. The zero-order chi connectivity index (χ0) is 15.5. The molecular formula is C16H25NO3. The number of aliphatic hydroxyl groups is 1. The third kappa shape index (κ3) is 3.73. The Kier molecular flexibility index (Phi) is 5.17. The molecular weight excluding hydrogens is 254 g/mol. The van der Waals surface area contributed by atoms with Crippen molar-refractivity contribution in [3.05, 3.63) is 28.8 Å². The molecule has 0 heterocycles. The normalized spacial score (nSPS) is 11.3. The number of carbonyl (C=O) groups excluding carboxylic acids is 1. The molecule has 0 fully saturated rings. The molecule has 0 aromatic heterocycles. The first-order valence-corrected chi connectivity index (χ1v) is 6.77. The number of likely N-dealkylation sites (N-methyl/N-ethyl adjacent to an activating group) is 1. The molecule has 112 valence electrons. The molecule has 0 aliphatic rings. The highest BCUT2D eigenvalue weighted by molar-refractivity contribution is 5.78. The largest absolute Gasteiger partial charge is 0.483 e. The second-order valence-corrected chi connectivity index (χ2v) is 5.94. The van der Waals surface area contributed by atoms with Gasteiger partial charge in [-0.25, -0.2) is 0 Å². The Morgan fingerprint density at radius 3 is 2.20 bits per heavy atom. The van der Waals surface area contributed by atoms with Gasteiger partial charge in [0.15, 0.2) is 6.61 Å². The molecule has 4 heteroatoms. The molecule has 1 rings (SSSR count). The van der Waals surface area contributed by atoms with E-state index in [0.29, 0.717) is 0 Å². The summed E-state index contributed by atoms with van der Waals surface area (Å²) in [7, 11) is 1.68. The van der Waals surface area contributed by atoms with Gasteiger partial charge in [0.05, 0.1) is 12.1 Å². The van der Waals surface area contributed by atoms with Crippen molar-refractivity contribution in [2.75, 3.05) is 20.3 Å². The van der Waals surface area contributed by atoms with Gasteiger partial charge in [0.1, 0.15) is 5.75 Å². The first-order valence-electron chi connectivity index (χ1n) is 6.77. The smallest absolute Gasteiger partial charge is 0.260 e. The van der Waals surface area contributed by atoms with Crippen LogP contribution in [0.2, 0.25) is 0 Å². The average molecular weight is 279 g/mol. The van der Waals surface area contributed by atoms with E-state index >= 15 is 0 Å². The number of benzene rings is 1. The van der Waals surface area contributed by atoms with Gasteiger partial charge in [-0.15, -0.1) is 0 Å². The molecule has 0 aliphatic heterocycles. The number of hydrogen-bond donors (Lipinski definition) is 1. The average Bonchev–Trinajstić information content (AvgIpc) is 2.36. The van der Waals surface area contributed by atoms with E-state index in [2.05, 4.69) is 0 Å². The fraction of sp³-hybridized carbons (Fsp3) is 0.562. The fourth-order valence-electron chi connectivity index (χ4n) is 2.07. The van der Waals surface area contributed by atoms with Crippen LogP contribution in [0.4, 0.5) is 0 Å². The first-order chi connectivity index (χ1) is 9.19. The molecule has 0 bridgehead atoms. The van der Waals surface area contributed by atoms with Gasteiger partial charge in [-0.1, -0.05) is 17.7 Å². The van der Waals surface area contributed by atoms with Crippen LogP contribution in [0.25, 0.3) is 0 Å². The number of ether oxygens (including phenoxy) is 1. The summed E-state index contributed by atoms with van der Waals surface area (Å²) in [6, 6.07) is 4.07. The molecule has 1 aromatic carbocycles. The van der Waals surface area contributed by atoms with Crippen molar-refractivity contribution >= 4 is 5.91 Å². The molecule has 0 atom stereocenters. The maximum absolute atomic E-state index is 12.1. The minimum absolute atomic E-state index is 0.0231. The fourth-order valence-corrected chi connectivity index (χ4v) is 2.07. The van der Waals surface area contributed by atoms with E-state index in [4.69, 9.17) is 4.74 Å². The number of amides is 1. The van der Waals surface area contributed by atoms with Crippen molar-refractivity contribution < 1.29 is 14.6 Å². The summed E-state index contributed by atoms with van der Waals surface area (Å²) >= 11 is 0. The molecule has 0 saturated heterocycles. The Labute approximate surface area is 121 Å². The first kappa shape index (κ1) is 16.5. The number of hydrogen-bond acceptors (Lipinski definition) is 3. The van der Waals surface area contributed by atoms with Crippen molar-refractivity contribution in [3.8, 4) is 5.75 Å². The molecule has 0 spiro atoms. The van der Waals surface area contributed by atoms with Crippen molar-refractivity contribution in [2.45, 2.75) is 40.2 Å². The van der Waals surface area contributed by atoms with Crippen molar-refractivity contribution in [2.24, 2.45) is 0 Å². The molecule has 0 aliphatic carbocycles. The van der Waals surface area contributed by atoms with Crippen LogP contribution in [0.3, 0.4) is 0 Å². The lowest BCUT2D eigenvalue weighted by molar-refractivity contribution is -0.138. The summed E-state index contributed by atoms with van der Waals surface area (Å²) in [4.78, 5) is 13.6. The molecule has 0 saturated carbocycles. The Morgan fingerprint density at radius 1 is 1.25 bits per heavy atom. The summed E-state index contributed by atoms with van der Waals surface area (Å²) in [5.41, 5.74) is 2.65. The maximum atomic E-state index is 12.1. The Morgan fingerprint density at radius 2 is 1.75 bits per heavy atom. The minimum Gasteiger partial charge on any atom is -0.483 e. The van der Waals surface area contributed by atoms with Crippen LogP contribution < -0.4 is 4.74 Å². The second-order valence-electron chi connectivity index (χ2n) is 5.94. The topological polar surface area (TPSA) is 49.8 Å². The molecule has 20 heavy (non-hydrogen) atoms. The molecule has 0 radical (unpaired) electrons. The van der Waals surface area contributed by atoms with Crippen molar-refractivity contribution in [3.63, 3.8) is 0 Å². The zero-order valence-corrected chi connectivity index (χ0v) is 13.3. The summed E-state index contributed by atoms with van der Waals surface area (Å²) in [6.45, 7) is 9.50. The SMILES string of the molecule is Cc1cc(C)c(OCC(=O)N(C)C(C)(C)CO)c(C)c1. The monoisotopic (exact) mass is 279 g/mol. The van der Waals surface area contributed by atoms with E-state index in [-0.39, 0.29) is 19.1 Å². The summed E-state index contributed by atoms with van der Waals surface area (Å²) in [6.07, 6.45) is 0. The maximum Gasteiger partial charge on any atom is 0.260 e. The zero-order valence-electron chi connectivity index (χ0n) is 13.3. The van der Waals surface area contributed by atoms with Crippen LogP contribution in [0.15, 0.2) is 12.1 Å². The number of aliphatic hydroxyl groups excluding tert-OH is 1. The van der Waals surface area contributed by atoms with Crippen molar-refractivity contribution in [1.29, 1.82) is 0 Å². The van der Waals surface area contributed by atoms with Gasteiger partial charge in [0.2, 0.25) is 0 Å². The van der Waals surface area contributed by atoms with E-state index in [1.54, 1.807) is 7.05 Å². The van der Waals surface area contributed by atoms with Crippen LogP contribution in [0.1, 0.15) is 30.5 Å². The van der Waals surface area contributed by atoms with Crippen LogP contribution in [0.5, 0.6) is 5.75 Å². The van der Waals surface area contributed by atoms with Gasteiger partial charge in [-0.05, 0) is 45.7 Å². The highest BCUT2D eigenvalue weighted by atomic mass is 16.5. The predicted molar refractivity (Wildman–Crippen MR) is 80.1 cm³/mol. The molecule has 1 N–H and O–H groups in total. The van der Waals surface area contributed by atoms with Gasteiger partial charge >= 0.3 is 0 Å². The van der Waals surface area contributed by atoms with Crippen LogP contribution in [0, 0.1) is 20.8 Å². The van der Waals surface area contributed by atoms with Crippen molar-refractivity contribution in [1.82, 2.24) is 4.90 Å². The quantitative estimate of drug-likeness (QED) is 0.899. The van der Waals surface area contributed by atoms with Gasteiger partial charge in [0, 0.05) is 7.05 Å². The van der Waals surface area contributed by atoms with Crippen LogP contribution >= 0.6 is 0 Å². The molecule has 0 unspecified atom stereocenters. The van der Waals surface area contributed by atoms with Gasteiger partial charge in [-0.3, -0.25) is 4.79 Å². The van der Waals surface area contributed by atoms with E-state index in [9.17, 15) is 9.90 Å². The Hall–Kier alpha value is -1.55. The summed E-state index contributed by atoms with van der Waals surface area (Å²) < 4.78 is 5.67. The standard InChI is InChI=1S/C16H25NO3/c1-11-7-12(2)15(13(3)8-11)20-9-14(19)17(6)16(4,5)10-18/h7-8,18H,9-10H2,1-6H3. The minimum atomic E-state index is -0.586. The van der Waals surface area contributed by atoms with Crippen LogP contribution in [-0.2, 0) is 4.79 Å². The summed E-state index contributed by atoms with van der Waals surface area (Å²) in [5.74, 6) is 0.613. The summed E-state index contributed by atoms with van der Waals surface area (Å²) in [5, 5.41) is 9.28. The molecule has 1 amide bonds. The lowest BCUT2D eigenvalue weighted by Gasteiger charge is -2.33. The lowest BCUT2D eigenvalue weighted by Crippen LogP contribution is -2.49. The third-order valence-corrected chi connectivity index (χ3v) is 3.61. The predicted octanol–water partition coefficient (Wildman–Crippen LogP) is 2.22. The second kappa shape index (κ2) is 6.27. The highest BCUT2D eigenvalue weighted by Crippen LogP contribution is 2.24. The van der Waals surface area contributed by atoms with Gasteiger partial charge < -0.3 is 14.7 Å². The number of carbonyl (C=O) groups is 1. The van der Waals surface area contributed by atoms with E-state index in [1.165, 1.54) is 10.5 Å². The molecule has 4 nitrogen and oxygen atoms in total. The highest BCUT2D eigenvalue weighted by Gasteiger charge is 2.27. The Balaban J connectivity index is 2.76. The number of nitrogens with zero attached hydrogens (tertiary/aromatic N) is 1. The van der Waals surface area contributed by atoms with E-state index in [1.807, 2.05) is 46.8 Å². The van der Waals surface area contributed by atoms with Gasteiger partial charge in [-0.2, -0.15) is 0 Å². The van der Waals surface area contributed by atoms with Gasteiger partial charge in [0.25, 0.3) is 5.91 Å². The van der Waals surface area contributed by atoms with E-state index in [0.717, 1.165) is 16.9 Å². The number of aryl methyl sites for hydroxylation is 3. The lowest BCUT2D eigenvalue weighted by atomic mass is 10.1. The number of rotatable bonds is 5.